The molecule has 19 heavy (non-hydrogen) atoms. The number of hydrogen-bond acceptors (Lipinski definition) is 1. The Morgan fingerprint density at radius 2 is 1.63 bits per heavy atom. The molecule has 2 nitrogen and oxygen atoms in total. The van der Waals surface area contributed by atoms with Gasteiger partial charge in [0.2, 0.25) is 0 Å². The first-order chi connectivity index (χ1) is 9.09. The quantitative estimate of drug-likeness (QED) is 0.518. The van der Waals surface area contributed by atoms with E-state index < -0.39 is 5.97 Å². The van der Waals surface area contributed by atoms with E-state index in [-0.39, 0.29) is 0 Å². The second-order valence-electron chi connectivity index (χ2n) is 4.80. The minimum absolute atomic E-state index is 0.321. The molecule has 0 aliphatic rings. The van der Waals surface area contributed by atoms with Gasteiger partial charge in [0.1, 0.15) is 0 Å². The standard InChI is InChI=1S/C16H21ClO2/c1-13(16(18)19)7-5-3-2-4-6-8-14-9-11-15(17)12-10-14/h9-12H,1-8H2,(H,18,19). The van der Waals surface area contributed by atoms with E-state index in [1.807, 2.05) is 12.1 Å². The molecule has 1 rings (SSSR count). The summed E-state index contributed by atoms with van der Waals surface area (Å²) in [5.74, 6) is -0.872. The van der Waals surface area contributed by atoms with Crippen LogP contribution in [-0.4, -0.2) is 11.1 Å². The summed E-state index contributed by atoms with van der Waals surface area (Å²) in [6.45, 7) is 3.52. The number of hydrogen-bond donors (Lipinski definition) is 1. The molecule has 0 saturated carbocycles. The predicted octanol–water partition coefficient (Wildman–Crippen LogP) is 4.86. The molecule has 0 aliphatic carbocycles. The molecule has 104 valence electrons. The Kier molecular flexibility index (Phi) is 7.27. The second-order valence-corrected chi connectivity index (χ2v) is 5.24. The highest BCUT2D eigenvalue weighted by molar-refractivity contribution is 6.30. The van der Waals surface area contributed by atoms with Crippen LogP contribution < -0.4 is 0 Å². The first-order valence-corrected chi connectivity index (χ1v) is 7.13. The lowest BCUT2D eigenvalue weighted by Gasteiger charge is -2.03. The lowest BCUT2D eigenvalue weighted by molar-refractivity contribution is -0.132. The van der Waals surface area contributed by atoms with E-state index in [9.17, 15) is 4.79 Å². The normalized spacial score (nSPS) is 10.4. The van der Waals surface area contributed by atoms with Gasteiger partial charge in [0, 0.05) is 10.6 Å². The molecule has 0 aromatic heterocycles. The topological polar surface area (TPSA) is 37.3 Å². The van der Waals surface area contributed by atoms with Crippen molar-refractivity contribution in [2.75, 3.05) is 0 Å². The first-order valence-electron chi connectivity index (χ1n) is 6.75. The molecule has 1 aromatic rings. The van der Waals surface area contributed by atoms with E-state index in [2.05, 4.69) is 18.7 Å². The van der Waals surface area contributed by atoms with Gasteiger partial charge in [-0.15, -0.1) is 0 Å². The SMILES string of the molecule is C=C(CCCCCCCc1ccc(Cl)cc1)C(=O)O. The molecule has 0 aliphatic heterocycles. The Morgan fingerprint density at radius 3 is 2.26 bits per heavy atom. The molecule has 0 saturated heterocycles. The summed E-state index contributed by atoms with van der Waals surface area (Å²) in [6, 6.07) is 7.99. The number of halogens is 1. The highest BCUT2D eigenvalue weighted by Gasteiger charge is 2.02. The molecule has 0 unspecified atom stereocenters. The Labute approximate surface area is 120 Å². The Bertz CT molecular complexity index is 409. The van der Waals surface area contributed by atoms with E-state index in [0.717, 1.165) is 30.7 Å². The van der Waals surface area contributed by atoms with E-state index in [1.54, 1.807) is 0 Å². The van der Waals surface area contributed by atoms with E-state index >= 15 is 0 Å². The van der Waals surface area contributed by atoms with Crippen LogP contribution in [0.3, 0.4) is 0 Å². The van der Waals surface area contributed by atoms with Gasteiger partial charge in [-0.05, 0) is 43.4 Å². The predicted molar refractivity (Wildman–Crippen MR) is 79.6 cm³/mol. The summed E-state index contributed by atoms with van der Waals surface area (Å²) < 4.78 is 0. The number of aliphatic carboxylic acids is 1. The highest BCUT2D eigenvalue weighted by atomic mass is 35.5. The van der Waals surface area contributed by atoms with Crippen molar-refractivity contribution in [3.8, 4) is 0 Å². The van der Waals surface area contributed by atoms with E-state index in [1.165, 1.54) is 18.4 Å². The maximum absolute atomic E-state index is 10.5. The van der Waals surface area contributed by atoms with Crippen molar-refractivity contribution in [1.29, 1.82) is 0 Å². The van der Waals surface area contributed by atoms with Gasteiger partial charge >= 0.3 is 5.97 Å². The smallest absolute Gasteiger partial charge is 0.330 e. The fourth-order valence-corrected chi connectivity index (χ4v) is 2.08. The molecule has 0 spiro atoms. The molecule has 0 bridgehead atoms. The molecule has 3 heteroatoms. The molecule has 0 fully saturated rings. The van der Waals surface area contributed by atoms with Crippen LogP contribution in [0.15, 0.2) is 36.4 Å². The summed E-state index contributed by atoms with van der Waals surface area (Å²) in [5.41, 5.74) is 1.64. The second kappa shape index (κ2) is 8.76. The van der Waals surface area contributed by atoms with Crippen LogP contribution >= 0.6 is 11.6 Å². The fraction of sp³-hybridized carbons (Fsp3) is 0.438. The van der Waals surface area contributed by atoms with Crippen LogP contribution in [-0.2, 0) is 11.2 Å². The molecule has 0 atom stereocenters. The minimum Gasteiger partial charge on any atom is -0.478 e. The summed E-state index contributed by atoms with van der Waals surface area (Å²) in [4.78, 5) is 10.5. The van der Waals surface area contributed by atoms with Gasteiger partial charge in [-0.2, -0.15) is 0 Å². The molecule has 0 amide bonds. The van der Waals surface area contributed by atoms with Gasteiger partial charge in [-0.25, -0.2) is 4.79 Å². The van der Waals surface area contributed by atoms with Crippen LogP contribution in [0.2, 0.25) is 5.02 Å². The van der Waals surface area contributed by atoms with Gasteiger partial charge in [-0.1, -0.05) is 49.6 Å². The number of benzene rings is 1. The molecule has 1 N–H and O–H groups in total. The van der Waals surface area contributed by atoms with Crippen molar-refractivity contribution in [3.05, 3.63) is 47.0 Å². The number of carboxylic acid groups (broad SMARTS) is 1. The van der Waals surface area contributed by atoms with Gasteiger partial charge in [-0.3, -0.25) is 0 Å². The zero-order valence-corrected chi connectivity index (χ0v) is 12.0. The van der Waals surface area contributed by atoms with Crippen molar-refractivity contribution < 1.29 is 9.90 Å². The van der Waals surface area contributed by atoms with E-state index in [4.69, 9.17) is 16.7 Å². The molecule has 1 aromatic carbocycles. The third kappa shape index (κ3) is 7.02. The fourth-order valence-electron chi connectivity index (χ4n) is 1.96. The summed E-state index contributed by atoms with van der Waals surface area (Å²) in [5, 5.41) is 9.44. The van der Waals surface area contributed by atoms with Crippen molar-refractivity contribution in [3.63, 3.8) is 0 Å². The van der Waals surface area contributed by atoms with Crippen molar-refractivity contribution >= 4 is 17.6 Å². The van der Waals surface area contributed by atoms with Gasteiger partial charge in [0.25, 0.3) is 0 Å². The molecular weight excluding hydrogens is 260 g/mol. The molecule has 0 radical (unpaired) electrons. The summed E-state index contributed by atoms with van der Waals surface area (Å²) in [7, 11) is 0. The Hall–Kier alpha value is -1.28. The Balaban J connectivity index is 2.01. The van der Waals surface area contributed by atoms with Crippen LogP contribution in [0.1, 0.15) is 44.1 Å². The lowest BCUT2D eigenvalue weighted by Crippen LogP contribution is -1.98. The van der Waals surface area contributed by atoms with Crippen LogP contribution in [0.5, 0.6) is 0 Å². The monoisotopic (exact) mass is 280 g/mol. The average Bonchev–Trinajstić information content (AvgIpc) is 2.39. The minimum atomic E-state index is -0.872. The van der Waals surface area contributed by atoms with Gasteiger partial charge in [0.15, 0.2) is 0 Å². The van der Waals surface area contributed by atoms with Gasteiger partial charge in [0.05, 0.1) is 0 Å². The highest BCUT2D eigenvalue weighted by Crippen LogP contribution is 2.14. The van der Waals surface area contributed by atoms with Crippen LogP contribution in [0.25, 0.3) is 0 Å². The number of carboxylic acids is 1. The maximum atomic E-state index is 10.5. The van der Waals surface area contributed by atoms with Gasteiger partial charge < -0.3 is 5.11 Å². The number of carbonyl (C=O) groups is 1. The molecular formula is C16H21ClO2. The number of aryl methyl sites for hydroxylation is 1. The molecule has 0 heterocycles. The third-order valence-electron chi connectivity index (χ3n) is 3.16. The van der Waals surface area contributed by atoms with Crippen LogP contribution in [0.4, 0.5) is 0 Å². The average molecular weight is 281 g/mol. The van der Waals surface area contributed by atoms with Crippen molar-refractivity contribution in [2.24, 2.45) is 0 Å². The zero-order chi connectivity index (χ0) is 14.1. The largest absolute Gasteiger partial charge is 0.478 e. The summed E-state index contributed by atoms with van der Waals surface area (Å²) >= 11 is 5.83. The number of unbranched alkanes of at least 4 members (excludes halogenated alkanes) is 4. The van der Waals surface area contributed by atoms with Crippen LogP contribution in [0, 0.1) is 0 Å². The van der Waals surface area contributed by atoms with Crippen molar-refractivity contribution in [1.82, 2.24) is 0 Å². The Morgan fingerprint density at radius 1 is 1.05 bits per heavy atom. The lowest BCUT2D eigenvalue weighted by atomic mass is 10.0. The zero-order valence-electron chi connectivity index (χ0n) is 11.2. The first kappa shape index (κ1) is 15.8. The summed E-state index contributed by atoms with van der Waals surface area (Å²) in [6.07, 6.45) is 7.19. The number of rotatable bonds is 9. The van der Waals surface area contributed by atoms with E-state index in [0.29, 0.717) is 12.0 Å². The maximum Gasteiger partial charge on any atom is 0.330 e. The third-order valence-corrected chi connectivity index (χ3v) is 3.41. The van der Waals surface area contributed by atoms with Crippen molar-refractivity contribution in [2.45, 2.75) is 44.9 Å².